The van der Waals surface area contributed by atoms with Gasteiger partial charge in [0.15, 0.2) is 0 Å². The van der Waals surface area contributed by atoms with E-state index < -0.39 is 0 Å². The van der Waals surface area contributed by atoms with Gasteiger partial charge in [-0.2, -0.15) is 0 Å². The summed E-state index contributed by atoms with van der Waals surface area (Å²) in [4.78, 5) is 14.7. The molecule has 6 heteroatoms. The van der Waals surface area contributed by atoms with Gasteiger partial charge in [0, 0.05) is 23.3 Å². The summed E-state index contributed by atoms with van der Waals surface area (Å²) in [7, 11) is 0. The van der Waals surface area contributed by atoms with Crippen LogP contribution < -0.4 is 16.0 Å². The van der Waals surface area contributed by atoms with Crippen LogP contribution in [0.3, 0.4) is 0 Å². The van der Waals surface area contributed by atoms with Crippen molar-refractivity contribution < 1.29 is 4.79 Å². The number of hydrogen-bond acceptors (Lipinski definition) is 3. The number of benzene rings is 2. The predicted octanol–water partition coefficient (Wildman–Crippen LogP) is 5.21. The SMILES string of the molecule is C[C@H]1CCCCN1c1ccc(NC(=O)c2ccc(Cl)cc2Cl)cc1N. The van der Waals surface area contributed by atoms with Crippen molar-refractivity contribution in [1.29, 1.82) is 0 Å². The Morgan fingerprint density at radius 2 is 2.00 bits per heavy atom. The minimum absolute atomic E-state index is 0.292. The number of amides is 1. The van der Waals surface area contributed by atoms with Crippen LogP contribution in [-0.2, 0) is 0 Å². The summed E-state index contributed by atoms with van der Waals surface area (Å²) in [5, 5.41) is 3.64. The van der Waals surface area contributed by atoms with Crippen LogP contribution in [-0.4, -0.2) is 18.5 Å². The quantitative estimate of drug-likeness (QED) is 0.721. The number of carbonyl (C=O) groups excluding carboxylic acids is 1. The molecular weight excluding hydrogens is 357 g/mol. The fourth-order valence-corrected chi connectivity index (χ4v) is 3.72. The molecule has 1 heterocycles. The van der Waals surface area contributed by atoms with Crippen LogP contribution in [0.1, 0.15) is 36.5 Å². The van der Waals surface area contributed by atoms with Gasteiger partial charge in [0.2, 0.25) is 0 Å². The third kappa shape index (κ3) is 4.02. The first-order valence-corrected chi connectivity index (χ1v) is 9.14. The largest absolute Gasteiger partial charge is 0.397 e. The molecule has 4 nitrogen and oxygen atoms in total. The number of nitrogens with zero attached hydrogens (tertiary/aromatic N) is 1. The Kier molecular flexibility index (Phi) is 5.40. The monoisotopic (exact) mass is 377 g/mol. The Balaban J connectivity index is 1.77. The molecule has 1 amide bonds. The van der Waals surface area contributed by atoms with Gasteiger partial charge in [-0.1, -0.05) is 23.2 Å². The fraction of sp³-hybridized carbons (Fsp3) is 0.316. The van der Waals surface area contributed by atoms with E-state index in [0.717, 1.165) is 12.2 Å². The van der Waals surface area contributed by atoms with Gasteiger partial charge < -0.3 is 16.0 Å². The number of anilines is 3. The molecule has 1 atom stereocenters. The first-order chi connectivity index (χ1) is 12.0. The van der Waals surface area contributed by atoms with Crippen LogP contribution >= 0.6 is 23.2 Å². The second-order valence-corrected chi connectivity index (χ2v) is 7.23. The van der Waals surface area contributed by atoms with Gasteiger partial charge in [0.25, 0.3) is 5.91 Å². The summed E-state index contributed by atoms with van der Waals surface area (Å²) in [6, 6.07) is 10.9. The summed E-state index contributed by atoms with van der Waals surface area (Å²) in [5.41, 5.74) is 8.94. The molecule has 3 N–H and O–H groups in total. The van der Waals surface area contributed by atoms with E-state index in [2.05, 4.69) is 17.1 Å². The van der Waals surface area contributed by atoms with Crippen LogP contribution in [0.5, 0.6) is 0 Å². The van der Waals surface area contributed by atoms with Gasteiger partial charge in [0.05, 0.1) is 22.0 Å². The molecule has 0 radical (unpaired) electrons. The number of carbonyl (C=O) groups is 1. The van der Waals surface area contributed by atoms with Gasteiger partial charge in [-0.3, -0.25) is 4.79 Å². The van der Waals surface area contributed by atoms with E-state index in [4.69, 9.17) is 28.9 Å². The lowest BCUT2D eigenvalue weighted by Gasteiger charge is -2.36. The smallest absolute Gasteiger partial charge is 0.257 e. The molecule has 0 aromatic heterocycles. The molecule has 1 saturated heterocycles. The van der Waals surface area contributed by atoms with Gasteiger partial charge >= 0.3 is 0 Å². The second-order valence-electron chi connectivity index (χ2n) is 6.39. The summed E-state index contributed by atoms with van der Waals surface area (Å²) in [6.07, 6.45) is 3.61. The highest BCUT2D eigenvalue weighted by Gasteiger charge is 2.20. The molecule has 2 aromatic carbocycles. The molecular formula is C19H21Cl2N3O. The lowest BCUT2D eigenvalue weighted by molar-refractivity contribution is 0.102. The number of nitrogens with two attached hydrogens (primary N) is 1. The van der Waals surface area contributed by atoms with Crippen molar-refractivity contribution in [3.63, 3.8) is 0 Å². The number of rotatable bonds is 3. The zero-order valence-corrected chi connectivity index (χ0v) is 15.6. The first kappa shape index (κ1) is 17.9. The molecule has 1 aliphatic heterocycles. The lowest BCUT2D eigenvalue weighted by atomic mass is 10.0. The highest BCUT2D eigenvalue weighted by Crippen LogP contribution is 2.32. The average Bonchev–Trinajstić information content (AvgIpc) is 2.56. The van der Waals surface area contributed by atoms with Crippen molar-refractivity contribution in [2.45, 2.75) is 32.2 Å². The van der Waals surface area contributed by atoms with Gasteiger partial charge in [-0.25, -0.2) is 0 Å². The summed E-state index contributed by atoms with van der Waals surface area (Å²) >= 11 is 12.0. The topological polar surface area (TPSA) is 58.4 Å². The first-order valence-electron chi connectivity index (χ1n) is 8.38. The molecule has 0 spiro atoms. The van der Waals surface area contributed by atoms with E-state index in [0.29, 0.717) is 33.0 Å². The Labute approximate surface area is 157 Å². The number of nitrogen functional groups attached to an aromatic ring is 1. The fourth-order valence-electron chi connectivity index (χ4n) is 3.22. The molecule has 3 rings (SSSR count). The maximum absolute atomic E-state index is 12.4. The van der Waals surface area contributed by atoms with E-state index in [1.54, 1.807) is 24.3 Å². The average molecular weight is 378 g/mol. The number of halogens is 2. The van der Waals surface area contributed by atoms with Crippen LogP contribution in [0, 0.1) is 0 Å². The van der Waals surface area contributed by atoms with Crippen molar-refractivity contribution in [3.05, 3.63) is 52.0 Å². The Morgan fingerprint density at radius 1 is 1.20 bits per heavy atom. The van der Waals surface area contributed by atoms with Gasteiger partial charge in [-0.05, 0) is 62.6 Å². The minimum atomic E-state index is -0.292. The molecule has 0 unspecified atom stereocenters. The third-order valence-corrected chi connectivity index (χ3v) is 5.12. The summed E-state index contributed by atoms with van der Waals surface area (Å²) in [5.74, 6) is -0.292. The van der Waals surface area contributed by atoms with Crippen molar-refractivity contribution >= 4 is 46.2 Å². The molecule has 0 saturated carbocycles. The Hall–Kier alpha value is -1.91. The van der Waals surface area contributed by atoms with E-state index in [1.165, 1.54) is 19.3 Å². The molecule has 0 bridgehead atoms. The van der Waals surface area contributed by atoms with Gasteiger partial charge in [0.1, 0.15) is 0 Å². The Bertz CT molecular complexity index is 794. The second kappa shape index (κ2) is 7.54. The number of nitrogens with one attached hydrogen (secondary N) is 1. The summed E-state index contributed by atoms with van der Waals surface area (Å²) < 4.78 is 0. The third-order valence-electron chi connectivity index (χ3n) is 4.57. The standard InChI is InChI=1S/C19H21Cl2N3O/c1-12-4-2-3-9-24(12)18-8-6-14(11-17(18)22)23-19(25)15-7-5-13(20)10-16(15)21/h5-8,10-12H,2-4,9,22H2,1H3,(H,23,25)/t12-/m0/s1. The van der Waals surface area contributed by atoms with Crippen LogP contribution in [0.4, 0.5) is 17.1 Å². The van der Waals surface area contributed by atoms with Crippen LogP contribution in [0.15, 0.2) is 36.4 Å². The van der Waals surface area contributed by atoms with Crippen molar-refractivity contribution in [2.24, 2.45) is 0 Å². The van der Waals surface area contributed by atoms with E-state index in [1.807, 2.05) is 12.1 Å². The van der Waals surface area contributed by atoms with Crippen molar-refractivity contribution in [2.75, 3.05) is 22.5 Å². The minimum Gasteiger partial charge on any atom is -0.397 e. The highest BCUT2D eigenvalue weighted by molar-refractivity contribution is 6.37. The molecule has 2 aromatic rings. The highest BCUT2D eigenvalue weighted by atomic mass is 35.5. The molecule has 0 aliphatic carbocycles. The van der Waals surface area contributed by atoms with Crippen LogP contribution in [0.2, 0.25) is 10.0 Å². The molecule has 1 fully saturated rings. The molecule has 132 valence electrons. The maximum atomic E-state index is 12.4. The lowest BCUT2D eigenvalue weighted by Crippen LogP contribution is -2.37. The van der Waals surface area contributed by atoms with Crippen molar-refractivity contribution in [1.82, 2.24) is 0 Å². The maximum Gasteiger partial charge on any atom is 0.257 e. The van der Waals surface area contributed by atoms with E-state index in [-0.39, 0.29) is 5.91 Å². The normalized spacial score (nSPS) is 17.4. The van der Waals surface area contributed by atoms with E-state index >= 15 is 0 Å². The van der Waals surface area contributed by atoms with Gasteiger partial charge in [-0.15, -0.1) is 0 Å². The predicted molar refractivity (Wildman–Crippen MR) is 106 cm³/mol. The zero-order chi connectivity index (χ0) is 18.0. The zero-order valence-electron chi connectivity index (χ0n) is 14.1. The van der Waals surface area contributed by atoms with Crippen molar-refractivity contribution in [3.8, 4) is 0 Å². The molecule has 1 aliphatic rings. The Morgan fingerprint density at radius 3 is 2.68 bits per heavy atom. The summed E-state index contributed by atoms with van der Waals surface area (Å²) in [6.45, 7) is 3.23. The van der Waals surface area contributed by atoms with E-state index in [9.17, 15) is 4.79 Å². The molecule has 25 heavy (non-hydrogen) atoms. The number of piperidine rings is 1. The van der Waals surface area contributed by atoms with Crippen LogP contribution in [0.25, 0.3) is 0 Å². The number of hydrogen-bond donors (Lipinski definition) is 2.